The molecule has 0 heterocycles. The van der Waals surface area contributed by atoms with E-state index in [1.54, 1.807) is 26.4 Å². The lowest BCUT2D eigenvalue weighted by atomic mass is 9.94. The molecule has 0 saturated carbocycles. The summed E-state index contributed by atoms with van der Waals surface area (Å²) >= 11 is 5.99. The van der Waals surface area contributed by atoms with Gasteiger partial charge >= 0.3 is 6.03 Å². The number of ether oxygens (including phenoxy) is 2. The topological polar surface area (TPSA) is 59.6 Å². The Kier molecular flexibility index (Phi) is 5.80. The summed E-state index contributed by atoms with van der Waals surface area (Å²) in [5, 5.41) is 6.37. The van der Waals surface area contributed by atoms with Crippen LogP contribution in [0.15, 0.2) is 36.4 Å². The Bertz CT molecular complexity index is 775. The molecule has 2 aromatic carbocycles. The second-order valence-electron chi connectivity index (χ2n) is 6.23. The fourth-order valence-corrected chi connectivity index (χ4v) is 2.64. The molecule has 5 nitrogen and oxygen atoms in total. The van der Waals surface area contributed by atoms with Crippen LogP contribution in [0.25, 0.3) is 0 Å². The van der Waals surface area contributed by atoms with Crippen molar-refractivity contribution in [2.75, 3.05) is 19.5 Å². The van der Waals surface area contributed by atoms with Gasteiger partial charge in [0.25, 0.3) is 0 Å². The number of urea groups is 1. The minimum absolute atomic E-state index is 0.315. The van der Waals surface area contributed by atoms with Gasteiger partial charge in [-0.1, -0.05) is 23.7 Å². The maximum atomic E-state index is 12.4. The van der Waals surface area contributed by atoms with E-state index in [2.05, 4.69) is 10.6 Å². The van der Waals surface area contributed by atoms with Crippen molar-refractivity contribution in [3.63, 3.8) is 0 Å². The summed E-state index contributed by atoms with van der Waals surface area (Å²) in [6, 6.07) is 10.6. The Morgan fingerprint density at radius 1 is 1.04 bits per heavy atom. The molecule has 2 aromatic rings. The molecule has 2 rings (SSSR count). The van der Waals surface area contributed by atoms with E-state index in [1.807, 2.05) is 45.0 Å². The van der Waals surface area contributed by atoms with Crippen LogP contribution in [0.2, 0.25) is 5.02 Å². The molecular formula is C19H23ClN2O3. The van der Waals surface area contributed by atoms with Crippen LogP contribution < -0.4 is 20.1 Å². The predicted octanol–water partition coefficient (Wildman–Crippen LogP) is 4.72. The van der Waals surface area contributed by atoms with E-state index in [0.29, 0.717) is 22.2 Å². The number of amides is 2. The number of halogens is 1. The lowest BCUT2D eigenvalue weighted by molar-refractivity contribution is 0.241. The monoisotopic (exact) mass is 362 g/mol. The third kappa shape index (κ3) is 4.57. The van der Waals surface area contributed by atoms with Crippen molar-refractivity contribution in [1.29, 1.82) is 0 Å². The first-order valence-electron chi connectivity index (χ1n) is 7.84. The molecule has 0 unspecified atom stereocenters. The molecular weight excluding hydrogens is 340 g/mol. The summed E-state index contributed by atoms with van der Waals surface area (Å²) in [6.45, 7) is 5.74. The molecule has 134 valence electrons. The molecule has 25 heavy (non-hydrogen) atoms. The van der Waals surface area contributed by atoms with Crippen LogP contribution in [0.5, 0.6) is 11.5 Å². The minimum atomic E-state index is -0.615. The van der Waals surface area contributed by atoms with Gasteiger partial charge in [-0.15, -0.1) is 0 Å². The summed E-state index contributed by atoms with van der Waals surface area (Å²) in [5.41, 5.74) is 1.88. The number of hydrogen-bond acceptors (Lipinski definition) is 3. The molecule has 0 fully saturated rings. The maximum Gasteiger partial charge on any atom is 0.319 e. The maximum absolute atomic E-state index is 12.4. The standard InChI is InChI=1S/C19H23ClN2O3/c1-12-6-8-14(20)11-15(12)21-18(23)22-19(2,3)13-7-9-16(24-4)17(10-13)25-5/h6-11H,1-5H3,(H2,21,22,23). The van der Waals surface area contributed by atoms with Crippen LogP contribution in [0, 0.1) is 6.92 Å². The van der Waals surface area contributed by atoms with E-state index >= 15 is 0 Å². The second kappa shape index (κ2) is 7.66. The summed E-state index contributed by atoms with van der Waals surface area (Å²) in [6.07, 6.45) is 0. The quantitative estimate of drug-likeness (QED) is 0.808. The molecule has 0 bridgehead atoms. The molecule has 0 atom stereocenters. The largest absolute Gasteiger partial charge is 0.493 e. The van der Waals surface area contributed by atoms with Crippen molar-refractivity contribution < 1.29 is 14.3 Å². The molecule has 0 aromatic heterocycles. The lowest BCUT2D eigenvalue weighted by Crippen LogP contribution is -2.43. The molecule has 2 N–H and O–H groups in total. The van der Waals surface area contributed by atoms with Crippen molar-refractivity contribution in [3.8, 4) is 11.5 Å². The second-order valence-corrected chi connectivity index (χ2v) is 6.67. The van der Waals surface area contributed by atoms with Crippen molar-refractivity contribution >= 4 is 23.3 Å². The van der Waals surface area contributed by atoms with E-state index in [4.69, 9.17) is 21.1 Å². The van der Waals surface area contributed by atoms with Crippen LogP contribution >= 0.6 is 11.6 Å². The highest BCUT2D eigenvalue weighted by atomic mass is 35.5. The van der Waals surface area contributed by atoms with E-state index in [1.165, 1.54) is 0 Å². The third-order valence-electron chi connectivity index (χ3n) is 3.98. The van der Waals surface area contributed by atoms with Gasteiger partial charge in [0, 0.05) is 10.7 Å². The first kappa shape index (κ1) is 18.9. The normalized spacial score (nSPS) is 11.0. The van der Waals surface area contributed by atoms with Crippen LogP contribution in [0.3, 0.4) is 0 Å². The van der Waals surface area contributed by atoms with Gasteiger partial charge < -0.3 is 20.1 Å². The van der Waals surface area contributed by atoms with Gasteiger partial charge in [-0.3, -0.25) is 0 Å². The van der Waals surface area contributed by atoms with Gasteiger partial charge in [0.05, 0.1) is 19.8 Å². The Morgan fingerprint density at radius 2 is 1.72 bits per heavy atom. The van der Waals surface area contributed by atoms with Crippen molar-refractivity contribution in [2.24, 2.45) is 0 Å². The molecule has 0 aliphatic carbocycles. The van der Waals surface area contributed by atoms with Gasteiger partial charge in [0.1, 0.15) is 0 Å². The average Bonchev–Trinajstić information content (AvgIpc) is 2.56. The summed E-state index contributed by atoms with van der Waals surface area (Å²) in [4.78, 5) is 12.4. The molecule has 0 spiro atoms. The van der Waals surface area contributed by atoms with E-state index in [-0.39, 0.29) is 6.03 Å². The number of carbonyl (C=O) groups is 1. The van der Waals surface area contributed by atoms with Crippen LogP contribution in [0.4, 0.5) is 10.5 Å². The van der Waals surface area contributed by atoms with E-state index < -0.39 is 5.54 Å². The van der Waals surface area contributed by atoms with Crippen LogP contribution in [-0.2, 0) is 5.54 Å². The zero-order valence-electron chi connectivity index (χ0n) is 15.1. The molecule has 6 heteroatoms. The third-order valence-corrected chi connectivity index (χ3v) is 4.21. The van der Waals surface area contributed by atoms with Crippen molar-refractivity contribution in [3.05, 3.63) is 52.5 Å². The number of carbonyl (C=O) groups excluding carboxylic acids is 1. The number of aryl methyl sites for hydroxylation is 1. The molecule has 0 aliphatic heterocycles. The van der Waals surface area contributed by atoms with Crippen molar-refractivity contribution in [1.82, 2.24) is 5.32 Å². The van der Waals surface area contributed by atoms with Crippen LogP contribution in [0.1, 0.15) is 25.0 Å². The highest BCUT2D eigenvalue weighted by molar-refractivity contribution is 6.31. The summed E-state index contributed by atoms with van der Waals surface area (Å²) in [7, 11) is 3.17. The first-order chi connectivity index (χ1) is 11.8. The zero-order chi connectivity index (χ0) is 18.6. The Labute approximate surface area is 153 Å². The van der Waals surface area contributed by atoms with Gasteiger partial charge in [-0.2, -0.15) is 0 Å². The smallest absolute Gasteiger partial charge is 0.319 e. The number of benzene rings is 2. The highest BCUT2D eigenvalue weighted by Gasteiger charge is 2.24. The Hall–Kier alpha value is -2.40. The van der Waals surface area contributed by atoms with Crippen LogP contribution in [-0.4, -0.2) is 20.3 Å². The number of hydrogen-bond donors (Lipinski definition) is 2. The Morgan fingerprint density at radius 3 is 2.36 bits per heavy atom. The molecule has 0 saturated heterocycles. The highest BCUT2D eigenvalue weighted by Crippen LogP contribution is 2.32. The average molecular weight is 363 g/mol. The van der Waals surface area contributed by atoms with Gasteiger partial charge in [0.15, 0.2) is 11.5 Å². The zero-order valence-corrected chi connectivity index (χ0v) is 15.8. The minimum Gasteiger partial charge on any atom is -0.493 e. The summed E-state index contributed by atoms with van der Waals surface area (Å²) < 4.78 is 10.6. The number of anilines is 1. The van der Waals surface area contributed by atoms with Gasteiger partial charge in [0.2, 0.25) is 0 Å². The SMILES string of the molecule is COc1ccc(C(C)(C)NC(=O)Nc2cc(Cl)ccc2C)cc1OC. The van der Waals surface area contributed by atoms with Gasteiger partial charge in [-0.25, -0.2) is 4.79 Å². The number of methoxy groups -OCH3 is 2. The first-order valence-corrected chi connectivity index (χ1v) is 8.22. The van der Waals surface area contributed by atoms with Crippen molar-refractivity contribution in [2.45, 2.75) is 26.3 Å². The predicted molar refractivity (Wildman–Crippen MR) is 101 cm³/mol. The number of nitrogens with one attached hydrogen (secondary N) is 2. The molecule has 2 amide bonds. The Balaban J connectivity index is 2.17. The molecule has 0 aliphatic rings. The lowest BCUT2D eigenvalue weighted by Gasteiger charge is -2.28. The fraction of sp³-hybridized carbons (Fsp3) is 0.316. The number of rotatable bonds is 5. The van der Waals surface area contributed by atoms with E-state index in [9.17, 15) is 4.79 Å². The fourth-order valence-electron chi connectivity index (χ4n) is 2.46. The van der Waals surface area contributed by atoms with Gasteiger partial charge in [-0.05, 0) is 56.2 Å². The summed E-state index contributed by atoms with van der Waals surface area (Å²) in [5.74, 6) is 1.25. The van der Waals surface area contributed by atoms with E-state index in [0.717, 1.165) is 11.1 Å². The molecule has 0 radical (unpaired) electrons.